The maximum Gasteiger partial charge on any atom is 0.287 e. The highest BCUT2D eigenvalue weighted by atomic mass is 16.5. The normalized spacial score (nSPS) is 13.4. The number of ether oxygens (including phenoxy) is 1. The van der Waals surface area contributed by atoms with Gasteiger partial charge in [0.2, 0.25) is 0 Å². The van der Waals surface area contributed by atoms with Gasteiger partial charge in [0.15, 0.2) is 17.1 Å². The Balaban J connectivity index is 1.43. The number of nitrogens with zero attached hydrogens (tertiary/aromatic N) is 2. The Morgan fingerprint density at radius 3 is 3.00 bits per heavy atom. The number of aromatic nitrogens is 2. The molecule has 0 radical (unpaired) electrons. The zero-order valence-electron chi connectivity index (χ0n) is 15.2. The third-order valence-electron chi connectivity index (χ3n) is 4.83. The van der Waals surface area contributed by atoms with Gasteiger partial charge in [-0.15, -0.1) is 0 Å². The first kappa shape index (κ1) is 17.3. The van der Waals surface area contributed by atoms with Crippen LogP contribution in [-0.4, -0.2) is 29.3 Å². The quantitative estimate of drug-likeness (QED) is 0.748. The van der Waals surface area contributed by atoms with E-state index in [2.05, 4.69) is 10.4 Å². The Morgan fingerprint density at radius 2 is 2.15 bits per heavy atom. The number of nitrogens with one attached hydrogen (secondary N) is 1. The van der Waals surface area contributed by atoms with E-state index in [9.17, 15) is 9.59 Å². The Morgan fingerprint density at radius 1 is 1.30 bits per heavy atom. The van der Waals surface area contributed by atoms with Gasteiger partial charge in [0, 0.05) is 18.0 Å². The van der Waals surface area contributed by atoms with Gasteiger partial charge in [0.05, 0.1) is 19.3 Å². The van der Waals surface area contributed by atoms with E-state index in [1.807, 2.05) is 12.1 Å². The third kappa shape index (κ3) is 3.45. The number of hydrogen-bond donors (Lipinski definition) is 1. The maximum absolute atomic E-state index is 12.4. The van der Waals surface area contributed by atoms with Gasteiger partial charge in [-0.25, -0.2) is 4.68 Å². The van der Waals surface area contributed by atoms with Crippen LogP contribution >= 0.6 is 0 Å². The van der Waals surface area contributed by atoms with Crippen LogP contribution in [0.5, 0.6) is 5.75 Å². The van der Waals surface area contributed by atoms with Crippen molar-refractivity contribution < 1.29 is 13.9 Å². The number of carbonyl (C=O) groups excluding carboxylic acids is 1. The molecule has 140 valence electrons. The lowest BCUT2D eigenvalue weighted by Crippen LogP contribution is -2.33. The van der Waals surface area contributed by atoms with Crippen molar-refractivity contribution in [2.75, 3.05) is 13.7 Å². The largest absolute Gasteiger partial charge is 0.493 e. The fraction of sp³-hybridized carbons (Fsp3) is 0.350. The number of aryl methyl sites for hydroxylation is 2. The molecule has 0 aliphatic heterocycles. The number of rotatable bonds is 5. The highest BCUT2D eigenvalue weighted by molar-refractivity contribution is 5.97. The molecule has 7 nitrogen and oxygen atoms in total. The molecule has 1 aliphatic rings. The average Bonchev–Trinajstić information content (AvgIpc) is 3.12. The predicted octanol–water partition coefficient (Wildman–Crippen LogP) is 2.31. The Bertz CT molecular complexity index is 1050. The van der Waals surface area contributed by atoms with Gasteiger partial charge in [-0.2, -0.15) is 5.10 Å². The van der Waals surface area contributed by atoms with Crippen LogP contribution in [-0.2, 0) is 19.4 Å². The lowest BCUT2D eigenvalue weighted by Gasteiger charge is -2.15. The lowest BCUT2D eigenvalue weighted by atomic mass is 9.97. The highest BCUT2D eigenvalue weighted by Gasteiger charge is 2.16. The third-order valence-corrected chi connectivity index (χ3v) is 4.83. The maximum atomic E-state index is 12.4. The van der Waals surface area contributed by atoms with Crippen LogP contribution in [0, 0.1) is 0 Å². The summed E-state index contributed by atoms with van der Waals surface area (Å²) in [7, 11) is 1.56. The second-order valence-electron chi connectivity index (χ2n) is 6.63. The standard InChI is InChI=1S/C20H21N3O4/c1-26-16-8-4-6-14-11-17(27-19(14)16)20(25)21-9-10-23-18(24)12-13-5-2-3-7-15(13)22-23/h4,6,8,11-12H,2-3,5,7,9-10H2,1H3,(H,21,25). The summed E-state index contributed by atoms with van der Waals surface area (Å²) >= 11 is 0. The van der Waals surface area contributed by atoms with Crippen molar-refractivity contribution in [1.82, 2.24) is 15.1 Å². The van der Waals surface area contributed by atoms with Gasteiger partial charge in [0.25, 0.3) is 11.5 Å². The molecule has 1 N–H and O–H groups in total. The van der Waals surface area contributed by atoms with Crippen molar-refractivity contribution >= 4 is 16.9 Å². The summed E-state index contributed by atoms with van der Waals surface area (Å²) < 4.78 is 12.3. The van der Waals surface area contributed by atoms with Crippen LogP contribution in [0.3, 0.4) is 0 Å². The first-order chi connectivity index (χ1) is 13.2. The minimum Gasteiger partial charge on any atom is -0.493 e. The fourth-order valence-electron chi connectivity index (χ4n) is 3.43. The molecule has 0 unspecified atom stereocenters. The molecule has 0 saturated carbocycles. The molecular formula is C20H21N3O4. The van der Waals surface area contributed by atoms with E-state index in [1.54, 1.807) is 25.3 Å². The molecule has 0 bridgehead atoms. The number of methoxy groups -OCH3 is 1. The summed E-state index contributed by atoms with van der Waals surface area (Å²) in [5.41, 5.74) is 2.47. The second kappa shape index (κ2) is 7.26. The molecule has 7 heteroatoms. The number of fused-ring (bicyclic) bond motifs is 2. The number of hydrogen-bond acceptors (Lipinski definition) is 5. The summed E-state index contributed by atoms with van der Waals surface area (Å²) in [5.74, 6) is 0.455. The number of furan rings is 1. The predicted molar refractivity (Wildman–Crippen MR) is 100 cm³/mol. The molecule has 0 saturated heterocycles. The number of carbonyl (C=O) groups is 1. The summed E-state index contributed by atoms with van der Waals surface area (Å²) in [5, 5.41) is 8.03. The SMILES string of the molecule is COc1cccc2cc(C(=O)NCCn3nc4c(cc3=O)CCCC4)oc12. The summed E-state index contributed by atoms with van der Waals surface area (Å²) in [6, 6.07) is 8.83. The van der Waals surface area contributed by atoms with E-state index >= 15 is 0 Å². The monoisotopic (exact) mass is 367 g/mol. The van der Waals surface area contributed by atoms with E-state index in [4.69, 9.17) is 9.15 Å². The molecule has 1 amide bonds. The molecule has 1 aromatic carbocycles. The lowest BCUT2D eigenvalue weighted by molar-refractivity contribution is 0.0926. The molecule has 0 spiro atoms. The van der Waals surface area contributed by atoms with Crippen molar-refractivity contribution in [2.24, 2.45) is 0 Å². The zero-order chi connectivity index (χ0) is 18.8. The van der Waals surface area contributed by atoms with E-state index in [0.29, 0.717) is 24.4 Å². The average molecular weight is 367 g/mol. The fourth-order valence-corrected chi connectivity index (χ4v) is 3.43. The molecule has 1 aliphatic carbocycles. The van der Waals surface area contributed by atoms with E-state index in [1.165, 1.54) is 4.68 Å². The topological polar surface area (TPSA) is 86.4 Å². The Hall–Kier alpha value is -3.09. The van der Waals surface area contributed by atoms with Crippen LogP contribution in [0.1, 0.15) is 34.7 Å². The highest BCUT2D eigenvalue weighted by Crippen LogP contribution is 2.28. The second-order valence-corrected chi connectivity index (χ2v) is 6.63. The number of para-hydroxylation sites is 1. The van der Waals surface area contributed by atoms with Crippen molar-refractivity contribution in [3.05, 3.63) is 57.7 Å². The van der Waals surface area contributed by atoms with Crippen LogP contribution in [0.4, 0.5) is 0 Å². The first-order valence-electron chi connectivity index (χ1n) is 9.10. The van der Waals surface area contributed by atoms with Crippen LogP contribution in [0.2, 0.25) is 0 Å². The van der Waals surface area contributed by atoms with Crippen molar-refractivity contribution in [3.8, 4) is 5.75 Å². The molecule has 2 heterocycles. The minimum absolute atomic E-state index is 0.127. The molecule has 3 aromatic rings. The zero-order valence-corrected chi connectivity index (χ0v) is 15.2. The number of amides is 1. The summed E-state index contributed by atoms with van der Waals surface area (Å²) in [6.07, 6.45) is 4.04. The molecule has 2 aromatic heterocycles. The number of benzene rings is 1. The van der Waals surface area contributed by atoms with Crippen molar-refractivity contribution in [3.63, 3.8) is 0 Å². The van der Waals surface area contributed by atoms with Gasteiger partial charge in [0.1, 0.15) is 0 Å². The van der Waals surface area contributed by atoms with Gasteiger partial charge >= 0.3 is 0 Å². The van der Waals surface area contributed by atoms with Gasteiger partial charge in [-0.3, -0.25) is 9.59 Å². The van der Waals surface area contributed by atoms with Crippen LogP contribution in [0.15, 0.2) is 39.5 Å². The van der Waals surface area contributed by atoms with Crippen molar-refractivity contribution in [1.29, 1.82) is 0 Å². The molecular weight excluding hydrogens is 346 g/mol. The summed E-state index contributed by atoms with van der Waals surface area (Å²) in [6.45, 7) is 0.611. The smallest absolute Gasteiger partial charge is 0.287 e. The Labute approximate surface area is 155 Å². The van der Waals surface area contributed by atoms with Crippen LogP contribution < -0.4 is 15.6 Å². The van der Waals surface area contributed by atoms with Gasteiger partial charge in [-0.05, 0) is 43.4 Å². The Kier molecular flexibility index (Phi) is 4.66. The molecule has 4 rings (SSSR count). The van der Waals surface area contributed by atoms with E-state index in [-0.39, 0.29) is 17.2 Å². The molecule has 0 fully saturated rings. The van der Waals surface area contributed by atoms with E-state index in [0.717, 1.165) is 42.3 Å². The van der Waals surface area contributed by atoms with Gasteiger partial charge < -0.3 is 14.5 Å². The van der Waals surface area contributed by atoms with Crippen LogP contribution in [0.25, 0.3) is 11.0 Å². The minimum atomic E-state index is -0.334. The first-order valence-corrected chi connectivity index (χ1v) is 9.10. The van der Waals surface area contributed by atoms with E-state index < -0.39 is 0 Å². The molecule has 0 atom stereocenters. The van der Waals surface area contributed by atoms with Gasteiger partial charge in [-0.1, -0.05) is 12.1 Å². The summed E-state index contributed by atoms with van der Waals surface area (Å²) in [4.78, 5) is 24.5. The van der Waals surface area contributed by atoms with Crippen molar-refractivity contribution in [2.45, 2.75) is 32.2 Å². The molecule has 27 heavy (non-hydrogen) atoms.